The van der Waals surface area contributed by atoms with E-state index in [1.165, 1.54) is 18.9 Å². The second kappa shape index (κ2) is 7.57. The molecule has 0 heterocycles. The molecule has 1 aliphatic rings. The summed E-state index contributed by atoms with van der Waals surface area (Å²) in [6.45, 7) is 2.17. The smallest absolute Gasteiger partial charge is 0.206 e. The van der Waals surface area contributed by atoms with Gasteiger partial charge in [0.15, 0.2) is 0 Å². The van der Waals surface area contributed by atoms with Crippen molar-refractivity contribution < 1.29 is 17.6 Å². The minimum Gasteiger partial charge on any atom is -0.206 e. The maximum absolute atomic E-state index is 14.1. The summed E-state index contributed by atoms with van der Waals surface area (Å²) < 4.78 is 50.5. The normalized spacial score (nSPS) is 21.7. The van der Waals surface area contributed by atoms with Crippen molar-refractivity contribution in [2.24, 2.45) is 5.92 Å². The highest BCUT2D eigenvalue weighted by Gasteiger charge is 2.25. The number of rotatable bonds is 3. The molecule has 0 saturated heterocycles. The third-order valence-corrected chi connectivity index (χ3v) is 4.71. The lowest BCUT2D eigenvalue weighted by Gasteiger charge is -2.28. The minimum atomic E-state index is -4.66. The Morgan fingerprint density at radius 3 is 2.35 bits per heavy atom. The van der Waals surface area contributed by atoms with Gasteiger partial charge in [0.25, 0.3) is 0 Å². The van der Waals surface area contributed by atoms with Crippen LogP contribution in [-0.4, -0.2) is 6.18 Å². The van der Waals surface area contributed by atoms with Crippen molar-refractivity contribution in [2.75, 3.05) is 0 Å². The molecule has 0 radical (unpaired) electrons. The average molecular weight is 347 g/mol. The van der Waals surface area contributed by atoms with Crippen LogP contribution in [0.1, 0.15) is 62.5 Å². The summed E-state index contributed by atoms with van der Waals surface area (Å²) in [6.07, 6.45) is 1.87. The molecule has 1 saturated carbocycles. The summed E-state index contributed by atoms with van der Waals surface area (Å²) in [4.78, 5) is 0. The molecular formula is C18H19ClF4. The van der Waals surface area contributed by atoms with Crippen LogP contribution in [0.15, 0.2) is 12.1 Å². The first-order valence-electron chi connectivity index (χ1n) is 7.89. The minimum absolute atomic E-state index is 0.0487. The largest absolute Gasteiger partial charge is 0.458 e. The first-order valence-corrected chi connectivity index (χ1v) is 8.26. The zero-order valence-electron chi connectivity index (χ0n) is 12.9. The maximum atomic E-state index is 14.1. The monoisotopic (exact) mass is 346 g/mol. The first-order chi connectivity index (χ1) is 10.8. The number of halogens is 5. The summed E-state index contributed by atoms with van der Waals surface area (Å²) in [6, 6.07) is 2.85. The van der Waals surface area contributed by atoms with Gasteiger partial charge < -0.3 is 0 Å². The molecule has 0 atom stereocenters. The van der Waals surface area contributed by atoms with Gasteiger partial charge in [-0.25, -0.2) is 4.39 Å². The van der Waals surface area contributed by atoms with E-state index in [9.17, 15) is 17.6 Å². The van der Waals surface area contributed by atoms with Gasteiger partial charge >= 0.3 is 6.18 Å². The fourth-order valence-electron chi connectivity index (χ4n) is 3.27. The topological polar surface area (TPSA) is 0 Å². The molecule has 1 aliphatic carbocycles. The molecule has 0 N–H and O–H groups in total. The molecule has 23 heavy (non-hydrogen) atoms. The lowest BCUT2D eigenvalue weighted by Crippen LogP contribution is -2.13. The van der Waals surface area contributed by atoms with Gasteiger partial charge in [0.1, 0.15) is 5.82 Å². The number of hydrogen-bond donors (Lipinski definition) is 0. The fraction of sp³-hybridized carbons (Fsp3) is 0.556. The van der Waals surface area contributed by atoms with Crippen LogP contribution in [0.25, 0.3) is 0 Å². The van der Waals surface area contributed by atoms with Crippen LogP contribution in [0.3, 0.4) is 0 Å². The van der Waals surface area contributed by atoms with Crippen molar-refractivity contribution in [2.45, 2.75) is 57.5 Å². The Morgan fingerprint density at radius 2 is 1.83 bits per heavy atom. The van der Waals surface area contributed by atoms with Gasteiger partial charge in [0.05, 0.1) is 10.6 Å². The standard InChI is InChI=1S/C18H19ClF4/c1-2-3-12-4-6-13(7-5-12)14-10-16(19)15(17(20)11-14)8-9-18(21,22)23/h10-13H,2-7H2,1H3. The fourth-order valence-corrected chi connectivity index (χ4v) is 3.54. The quantitative estimate of drug-likeness (QED) is 0.435. The van der Waals surface area contributed by atoms with Crippen LogP contribution in [0.5, 0.6) is 0 Å². The van der Waals surface area contributed by atoms with Crippen molar-refractivity contribution in [3.05, 3.63) is 34.1 Å². The van der Waals surface area contributed by atoms with E-state index in [4.69, 9.17) is 11.6 Å². The maximum Gasteiger partial charge on any atom is 0.458 e. The molecule has 1 fully saturated rings. The molecule has 1 aromatic rings. The van der Waals surface area contributed by atoms with E-state index in [1.807, 2.05) is 0 Å². The molecule has 0 amide bonds. The molecule has 0 unspecified atom stereocenters. The van der Waals surface area contributed by atoms with Crippen molar-refractivity contribution in [3.63, 3.8) is 0 Å². The molecule has 126 valence electrons. The Hall–Kier alpha value is -1.21. The zero-order chi connectivity index (χ0) is 17.0. The predicted octanol–water partition coefficient (Wildman–Crippen LogP) is 6.47. The van der Waals surface area contributed by atoms with Gasteiger partial charge in [-0.2, -0.15) is 13.2 Å². The number of benzene rings is 1. The number of alkyl halides is 3. The molecule has 2 rings (SSSR count). The summed E-state index contributed by atoms with van der Waals surface area (Å²) in [7, 11) is 0. The molecule has 1 aromatic carbocycles. The highest BCUT2D eigenvalue weighted by atomic mass is 35.5. The highest BCUT2D eigenvalue weighted by molar-refractivity contribution is 6.31. The molecule has 5 heteroatoms. The molecule has 0 aromatic heterocycles. The van der Waals surface area contributed by atoms with Crippen LogP contribution in [-0.2, 0) is 0 Å². The average Bonchev–Trinajstić information content (AvgIpc) is 2.46. The van der Waals surface area contributed by atoms with E-state index < -0.39 is 12.0 Å². The third-order valence-electron chi connectivity index (χ3n) is 4.41. The van der Waals surface area contributed by atoms with Gasteiger partial charge in [-0.1, -0.05) is 37.3 Å². The van der Waals surface area contributed by atoms with Gasteiger partial charge in [0, 0.05) is 5.92 Å². The summed E-state index contributed by atoms with van der Waals surface area (Å²) in [5.41, 5.74) is 0.382. The van der Waals surface area contributed by atoms with E-state index in [-0.39, 0.29) is 16.5 Å². The Morgan fingerprint density at radius 1 is 1.17 bits per heavy atom. The van der Waals surface area contributed by atoms with E-state index in [2.05, 4.69) is 6.92 Å². The summed E-state index contributed by atoms with van der Waals surface area (Å²) in [5, 5.41) is -0.0487. The molecule has 0 nitrogen and oxygen atoms in total. The summed E-state index contributed by atoms with van der Waals surface area (Å²) >= 11 is 5.95. The predicted molar refractivity (Wildman–Crippen MR) is 84.0 cm³/mol. The van der Waals surface area contributed by atoms with Crippen LogP contribution in [0.4, 0.5) is 17.6 Å². The lowest BCUT2D eigenvalue weighted by atomic mass is 9.77. The van der Waals surface area contributed by atoms with Gasteiger partial charge in [-0.15, -0.1) is 0 Å². The SMILES string of the molecule is CCCC1CCC(c2cc(F)c(C#CC(F)(F)F)c(Cl)c2)CC1. The van der Waals surface area contributed by atoms with Crippen LogP contribution in [0, 0.1) is 23.6 Å². The molecule has 0 spiro atoms. The van der Waals surface area contributed by atoms with Crippen LogP contribution >= 0.6 is 11.6 Å². The number of hydrogen-bond acceptors (Lipinski definition) is 0. The van der Waals surface area contributed by atoms with Crippen molar-refractivity contribution in [1.29, 1.82) is 0 Å². The van der Waals surface area contributed by atoms with Crippen molar-refractivity contribution in [1.82, 2.24) is 0 Å². The van der Waals surface area contributed by atoms with E-state index in [1.54, 1.807) is 12.0 Å². The van der Waals surface area contributed by atoms with E-state index in [0.29, 0.717) is 0 Å². The zero-order valence-corrected chi connectivity index (χ0v) is 13.7. The van der Waals surface area contributed by atoms with Crippen molar-refractivity contribution in [3.8, 4) is 11.8 Å². The lowest BCUT2D eigenvalue weighted by molar-refractivity contribution is -0.0696. The van der Waals surface area contributed by atoms with E-state index >= 15 is 0 Å². The Kier molecular flexibility index (Phi) is 5.97. The molecule has 0 bridgehead atoms. The first kappa shape index (κ1) is 18.1. The second-order valence-electron chi connectivity index (χ2n) is 6.11. The summed E-state index contributed by atoms with van der Waals surface area (Å²) in [5.74, 6) is 3.03. The molecule has 0 aliphatic heterocycles. The molecular weight excluding hydrogens is 328 g/mol. The Balaban J connectivity index is 2.15. The van der Waals surface area contributed by atoms with Gasteiger partial charge in [-0.3, -0.25) is 0 Å². The Labute approximate surface area is 139 Å². The third kappa shape index (κ3) is 5.14. The van der Waals surface area contributed by atoms with Crippen LogP contribution < -0.4 is 0 Å². The van der Waals surface area contributed by atoms with Crippen molar-refractivity contribution >= 4 is 11.6 Å². The second-order valence-corrected chi connectivity index (χ2v) is 6.52. The van der Waals surface area contributed by atoms with E-state index in [0.717, 1.165) is 43.1 Å². The highest BCUT2D eigenvalue weighted by Crippen LogP contribution is 2.39. The van der Waals surface area contributed by atoms with Gasteiger partial charge in [-0.05, 0) is 55.2 Å². The van der Waals surface area contributed by atoms with Gasteiger partial charge in [0.2, 0.25) is 0 Å². The Bertz CT molecular complexity index is 579. The van der Waals surface area contributed by atoms with Crippen LogP contribution in [0.2, 0.25) is 5.02 Å².